The van der Waals surface area contributed by atoms with E-state index in [1.54, 1.807) is 11.1 Å². The van der Waals surface area contributed by atoms with E-state index in [1.807, 2.05) is 0 Å². The lowest BCUT2D eigenvalue weighted by atomic mass is 9.93. The summed E-state index contributed by atoms with van der Waals surface area (Å²) < 4.78 is 0. The fourth-order valence-corrected chi connectivity index (χ4v) is 1.95. The molecule has 0 radical (unpaired) electrons. The molecule has 1 heterocycles. The number of likely N-dealkylation sites (N-methyl/N-ethyl adjacent to an activating group) is 1. The first-order chi connectivity index (χ1) is 5.52. The maximum atomic E-state index is 2.41. The molecule has 1 aliphatic rings. The third-order valence-electron chi connectivity index (χ3n) is 2.69. The molecular formula is C11H21N. The molecule has 0 fully saturated rings. The summed E-state index contributed by atoms with van der Waals surface area (Å²) in [7, 11) is 2.21. The van der Waals surface area contributed by atoms with E-state index in [-0.39, 0.29) is 0 Å². The smallest absolute Gasteiger partial charge is 0.0199 e. The van der Waals surface area contributed by atoms with Crippen molar-refractivity contribution in [2.24, 2.45) is 11.8 Å². The Morgan fingerprint density at radius 3 is 1.50 bits per heavy atom. The Balaban J connectivity index is 2.81. The maximum Gasteiger partial charge on any atom is 0.0199 e. The van der Waals surface area contributed by atoms with Gasteiger partial charge in [0, 0.05) is 13.1 Å². The SMILES string of the molecule is CC(C)C1=C(C(C)C)CN(C)C1. The van der Waals surface area contributed by atoms with Gasteiger partial charge in [0.1, 0.15) is 0 Å². The molecule has 1 nitrogen and oxygen atoms in total. The third-order valence-corrected chi connectivity index (χ3v) is 2.69. The molecule has 0 saturated carbocycles. The summed E-state index contributed by atoms with van der Waals surface area (Å²) >= 11 is 0. The molecule has 0 saturated heterocycles. The van der Waals surface area contributed by atoms with Crippen LogP contribution in [0.1, 0.15) is 27.7 Å². The van der Waals surface area contributed by atoms with Crippen LogP contribution in [0.2, 0.25) is 0 Å². The number of hydrogen-bond acceptors (Lipinski definition) is 1. The molecule has 0 bridgehead atoms. The maximum absolute atomic E-state index is 2.41. The highest BCUT2D eigenvalue weighted by Gasteiger charge is 2.22. The van der Waals surface area contributed by atoms with Crippen molar-refractivity contribution in [3.63, 3.8) is 0 Å². The number of hydrogen-bond donors (Lipinski definition) is 0. The summed E-state index contributed by atoms with van der Waals surface area (Å²) in [5.41, 5.74) is 3.35. The van der Waals surface area contributed by atoms with Crippen molar-refractivity contribution in [1.29, 1.82) is 0 Å². The fourth-order valence-electron chi connectivity index (χ4n) is 1.95. The van der Waals surface area contributed by atoms with Crippen LogP contribution in [0.4, 0.5) is 0 Å². The first-order valence-corrected chi connectivity index (χ1v) is 4.92. The second kappa shape index (κ2) is 3.61. The van der Waals surface area contributed by atoms with E-state index >= 15 is 0 Å². The summed E-state index contributed by atoms with van der Waals surface area (Å²) in [6.07, 6.45) is 0. The van der Waals surface area contributed by atoms with Crippen LogP contribution in [0.5, 0.6) is 0 Å². The van der Waals surface area contributed by atoms with Gasteiger partial charge in [-0.05, 0) is 18.9 Å². The molecule has 0 unspecified atom stereocenters. The Morgan fingerprint density at radius 2 is 1.25 bits per heavy atom. The number of nitrogens with zero attached hydrogens (tertiary/aromatic N) is 1. The second-order valence-corrected chi connectivity index (χ2v) is 4.53. The van der Waals surface area contributed by atoms with Crippen molar-refractivity contribution in [2.45, 2.75) is 27.7 Å². The first kappa shape index (κ1) is 9.79. The minimum absolute atomic E-state index is 0.729. The van der Waals surface area contributed by atoms with Crippen LogP contribution in [-0.2, 0) is 0 Å². The predicted octanol–water partition coefficient (Wildman–Crippen LogP) is 2.54. The highest BCUT2D eigenvalue weighted by Crippen LogP contribution is 2.27. The topological polar surface area (TPSA) is 3.24 Å². The highest BCUT2D eigenvalue weighted by atomic mass is 15.1. The van der Waals surface area contributed by atoms with Crippen LogP contribution < -0.4 is 0 Å². The highest BCUT2D eigenvalue weighted by molar-refractivity contribution is 5.25. The van der Waals surface area contributed by atoms with Crippen LogP contribution in [-0.4, -0.2) is 25.0 Å². The van der Waals surface area contributed by atoms with Gasteiger partial charge < -0.3 is 0 Å². The molecule has 0 N–H and O–H groups in total. The molecule has 0 amide bonds. The van der Waals surface area contributed by atoms with Crippen molar-refractivity contribution in [3.05, 3.63) is 11.1 Å². The molecule has 1 aliphatic heterocycles. The second-order valence-electron chi connectivity index (χ2n) is 4.53. The van der Waals surface area contributed by atoms with Crippen LogP contribution in [0.3, 0.4) is 0 Å². The molecule has 1 heteroatoms. The largest absolute Gasteiger partial charge is 0.298 e. The van der Waals surface area contributed by atoms with Gasteiger partial charge in [0.15, 0.2) is 0 Å². The van der Waals surface area contributed by atoms with Crippen LogP contribution in [0.25, 0.3) is 0 Å². The molecule has 0 aromatic carbocycles. The van der Waals surface area contributed by atoms with Gasteiger partial charge in [-0.1, -0.05) is 38.8 Å². The molecule has 12 heavy (non-hydrogen) atoms. The average molecular weight is 167 g/mol. The fraction of sp³-hybridized carbons (Fsp3) is 0.818. The van der Waals surface area contributed by atoms with Crippen molar-refractivity contribution in [3.8, 4) is 0 Å². The summed E-state index contributed by atoms with van der Waals surface area (Å²) in [6.45, 7) is 11.6. The molecule has 0 atom stereocenters. The van der Waals surface area contributed by atoms with E-state index in [9.17, 15) is 0 Å². The number of rotatable bonds is 2. The third kappa shape index (κ3) is 1.89. The van der Waals surface area contributed by atoms with Gasteiger partial charge in [-0.25, -0.2) is 0 Å². The molecule has 0 aromatic rings. The molecule has 0 aliphatic carbocycles. The van der Waals surface area contributed by atoms with Crippen LogP contribution >= 0.6 is 0 Å². The molecule has 1 rings (SSSR count). The van der Waals surface area contributed by atoms with Crippen molar-refractivity contribution < 1.29 is 0 Å². The van der Waals surface area contributed by atoms with E-state index in [4.69, 9.17) is 0 Å². The molecular weight excluding hydrogens is 146 g/mol. The quantitative estimate of drug-likeness (QED) is 0.571. The van der Waals surface area contributed by atoms with Gasteiger partial charge in [-0.2, -0.15) is 0 Å². The van der Waals surface area contributed by atoms with Crippen molar-refractivity contribution >= 4 is 0 Å². The lowest BCUT2D eigenvalue weighted by Crippen LogP contribution is -2.16. The first-order valence-electron chi connectivity index (χ1n) is 4.92. The predicted molar refractivity (Wildman–Crippen MR) is 54.2 cm³/mol. The van der Waals surface area contributed by atoms with Crippen LogP contribution in [0.15, 0.2) is 11.1 Å². The van der Waals surface area contributed by atoms with Crippen molar-refractivity contribution in [2.75, 3.05) is 20.1 Å². The van der Waals surface area contributed by atoms with Gasteiger partial charge >= 0.3 is 0 Å². The van der Waals surface area contributed by atoms with Gasteiger partial charge in [0.2, 0.25) is 0 Å². The van der Waals surface area contributed by atoms with E-state index in [1.165, 1.54) is 13.1 Å². The Bertz CT molecular complexity index is 169. The Hall–Kier alpha value is -0.300. The minimum Gasteiger partial charge on any atom is -0.298 e. The lowest BCUT2D eigenvalue weighted by molar-refractivity contribution is 0.411. The molecule has 70 valence electrons. The monoisotopic (exact) mass is 167 g/mol. The Morgan fingerprint density at radius 1 is 0.917 bits per heavy atom. The summed E-state index contributed by atoms with van der Waals surface area (Å²) in [5.74, 6) is 1.46. The summed E-state index contributed by atoms with van der Waals surface area (Å²) in [4.78, 5) is 2.41. The zero-order chi connectivity index (χ0) is 9.30. The van der Waals surface area contributed by atoms with Crippen molar-refractivity contribution in [1.82, 2.24) is 4.90 Å². The molecule has 0 aromatic heterocycles. The zero-order valence-corrected chi connectivity index (χ0v) is 9.02. The normalized spacial score (nSPS) is 20.2. The minimum atomic E-state index is 0.729. The van der Waals surface area contributed by atoms with E-state index < -0.39 is 0 Å². The Labute approximate surface area is 76.5 Å². The van der Waals surface area contributed by atoms with Crippen LogP contribution in [0, 0.1) is 11.8 Å². The van der Waals surface area contributed by atoms with Gasteiger partial charge in [-0.15, -0.1) is 0 Å². The summed E-state index contributed by atoms with van der Waals surface area (Å²) in [6, 6.07) is 0. The summed E-state index contributed by atoms with van der Waals surface area (Å²) in [5, 5.41) is 0. The van der Waals surface area contributed by atoms with E-state index in [0.717, 1.165) is 11.8 Å². The average Bonchev–Trinajstić information content (AvgIpc) is 2.31. The van der Waals surface area contributed by atoms with E-state index in [2.05, 4.69) is 39.6 Å². The van der Waals surface area contributed by atoms with Gasteiger partial charge in [0.25, 0.3) is 0 Å². The Kier molecular flexibility index (Phi) is 2.94. The standard InChI is InChI=1S/C11H21N/c1-8(2)10-6-12(5)7-11(10)9(3)4/h8-9H,6-7H2,1-5H3. The molecule has 0 spiro atoms. The van der Waals surface area contributed by atoms with E-state index in [0.29, 0.717) is 0 Å². The zero-order valence-electron chi connectivity index (χ0n) is 9.02. The van der Waals surface area contributed by atoms with Gasteiger partial charge in [0.05, 0.1) is 0 Å². The lowest BCUT2D eigenvalue weighted by Gasteiger charge is -2.12. The van der Waals surface area contributed by atoms with Gasteiger partial charge in [-0.3, -0.25) is 4.90 Å².